The van der Waals surface area contributed by atoms with E-state index in [2.05, 4.69) is 5.92 Å². The summed E-state index contributed by atoms with van der Waals surface area (Å²) in [6.45, 7) is 0.972. The van der Waals surface area contributed by atoms with E-state index in [1.165, 1.54) is 25.7 Å². The quantitative estimate of drug-likeness (QED) is 0.411. The van der Waals surface area contributed by atoms with Crippen LogP contribution in [0.25, 0.3) is 0 Å². The molecule has 0 bridgehead atoms. The molecule has 1 aliphatic carbocycles. The third-order valence-corrected chi connectivity index (χ3v) is 3.03. The molecule has 1 saturated heterocycles. The van der Waals surface area contributed by atoms with Crippen LogP contribution in [0, 0.1) is 18.3 Å². The van der Waals surface area contributed by atoms with Gasteiger partial charge in [0, 0.05) is 12.3 Å². The molecule has 2 atom stereocenters. The average molecular weight is 150 g/mol. The van der Waals surface area contributed by atoms with E-state index >= 15 is 0 Å². The van der Waals surface area contributed by atoms with Crippen molar-refractivity contribution in [1.82, 2.24) is 0 Å². The van der Waals surface area contributed by atoms with E-state index in [0.29, 0.717) is 5.92 Å². The highest BCUT2D eigenvalue weighted by Gasteiger charge is 2.51. The highest BCUT2D eigenvalue weighted by atomic mass is 16.6. The van der Waals surface area contributed by atoms with Crippen molar-refractivity contribution in [3.05, 3.63) is 0 Å². The minimum atomic E-state index is 0.255. The Morgan fingerprint density at radius 1 is 1.55 bits per heavy atom. The van der Waals surface area contributed by atoms with Crippen molar-refractivity contribution in [2.45, 2.75) is 37.7 Å². The Bertz CT molecular complexity index is 186. The summed E-state index contributed by atoms with van der Waals surface area (Å²) >= 11 is 0. The smallest absolute Gasteiger partial charge is 0.0953 e. The van der Waals surface area contributed by atoms with E-state index in [1.807, 2.05) is 0 Å². The first kappa shape index (κ1) is 7.18. The summed E-state index contributed by atoms with van der Waals surface area (Å²) in [6.07, 6.45) is 11.4. The van der Waals surface area contributed by atoms with E-state index in [4.69, 9.17) is 11.2 Å². The van der Waals surface area contributed by atoms with Gasteiger partial charge in [0.2, 0.25) is 0 Å². The van der Waals surface area contributed by atoms with Crippen LogP contribution >= 0.6 is 0 Å². The zero-order valence-corrected chi connectivity index (χ0v) is 6.81. The summed E-state index contributed by atoms with van der Waals surface area (Å²) < 4.78 is 5.51. The largest absolute Gasteiger partial charge is 0.369 e. The summed E-state index contributed by atoms with van der Waals surface area (Å²) in [4.78, 5) is 0. The number of ether oxygens (including phenoxy) is 1. The SMILES string of the molecule is C#CCC1CCCCC12CO2. The van der Waals surface area contributed by atoms with Crippen LogP contribution in [0.5, 0.6) is 0 Å². The van der Waals surface area contributed by atoms with Gasteiger partial charge in [0.25, 0.3) is 0 Å². The zero-order chi connectivity index (χ0) is 7.73. The van der Waals surface area contributed by atoms with Gasteiger partial charge >= 0.3 is 0 Å². The third-order valence-electron chi connectivity index (χ3n) is 3.03. The van der Waals surface area contributed by atoms with Gasteiger partial charge in [-0.2, -0.15) is 0 Å². The summed E-state index contributed by atoms with van der Waals surface area (Å²) in [5.74, 6) is 3.42. The van der Waals surface area contributed by atoms with Gasteiger partial charge in [-0.25, -0.2) is 0 Å². The van der Waals surface area contributed by atoms with Gasteiger partial charge in [-0.1, -0.05) is 12.8 Å². The lowest BCUT2D eigenvalue weighted by Gasteiger charge is -2.27. The van der Waals surface area contributed by atoms with Crippen molar-refractivity contribution < 1.29 is 4.74 Å². The lowest BCUT2D eigenvalue weighted by Crippen LogP contribution is -2.27. The average Bonchev–Trinajstić information content (AvgIpc) is 2.77. The molecule has 11 heavy (non-hydrogen) atoms. The Morgan fingerprint density at radius 2 is 2.36 bits per heavy atom. The minimum absolute atomic E-state index is 0.255. The van der Waals surface area contributed by atoms with Crippen molar-refractivity contribution in [2.24, 2.45) is 5.92 Å². The van der Waals surface area contributed by atoms with Crippen LogP contribution in [0.2, 0.25) is 0 Å². The number of hydrogen-bond donors (Lipinski definition) is 0. The Labute approximate surface area is 68.1 Å². The molecule has 1 spiro atoms. The van der Waals surface area contributed by atoms with Gasteiger partial charge in [0.1, 0.15) is 0 Å². The molecular weight excluding hydrogens is 136 g/mol. The molecule has 0 aromatic carbocycles. The number of epoxide rings is 1. The molecule has 2 aliphatic rings. The van der Waals surface area contributed by atoms with E-state index in [9.17, 15) is 0 Å². The maximum Gasteiger partial charge on any atom is 0.0953 e. The van der Waals surface area contributed by atoms with Crippen molar-refractivity contribution in [3.63, 3.8) is 0 Å². The number of terminal acetylenes is 1. The fourth-order valence-corrected chi connectivity index (χ4v) is 2.19. The number of rotatable bonds is 1. The number of hydrogen-bond acceptors (Lipinski definition) is 1. The van der Waals surface area contributed by atoms with E-state index in [1.54, 1.807) is 0 Å². The fourth-order valence-electron chi connectivity index (χ4n) is 2.19. The molecule has 0 aromatic heterocycles. The van der Waals surface area contributed by atoms with Gasteiger partial charge in [-0.3, -0.25) is 0 Å². The van der Waals surface area contributed by atoms with Crippen LogP contribution < -0.4 is 0 Å². The van der Waals surface area contributed by atoms with Crippen molar-refractivity contribution in [3.8, 4) is 12.3 Å². The van der Waals surface area contributed by atoms with Crippen LogP contribution in [-0.4, -0.2) is 12.2 Å². The van der Waals surface area contributed by atoms with E-state index in [0.717, 1.165) is 13.0 Å². The van der Waals surface area contributed by atoms with Crippen molar-refractivity contribution >= 4 is 0 Å². The molecule has 0 N–H and O–H groups in total. The maximum atomic E-state index is 5.51. The molecule has 1 nitrogen and oxygen atoms in total. The Kier molecular flexibility index (Phi) is 1.65. The molecule has 1 heterocycles. The fraction of sp³-hybridized carbons (Fsp3) is 0.800. The first-order chi connectivity index (χ1) is 5.37. The highest BCUT2D eigenvalue weighted by molar-refractivity contribution is 5.04. The zero-order valence-electron chi connectivity index (χ0n) is 6.81. The molecule has 2 unspecified atom stereocenters. The summed E-state index contributed by atoms with van der Waals surface area (Å²) in [5, 5.41) is 0. The van der Waals surface area contributed by atoms with Crippen LogP contribution in [-0.2, 0) is 4.74 Å². The lowest BCUT2D eigenvalue weighted by molar-refractivity contribution is 0.162. The Morgan fingerprint density at radius 3 is 3.00 bits per heavy atom. The second-order valence-corrected chi connectivity index (χ2v) is 3.70. The summed E-state index contributed by atoms with van der Waals surface area (Å²) in [7, 11) is 0. The van der Waals surface area contributed by atoms with Gasteiger partial charge in [0.05, 0.1) is 12.2 Å². The van der Waals surface area contributed by atoms with Gasteiger partial charge in [-0.05, 0) is 12.8 Å². The van der Waals surface area contributed by atoms with E-state index in [-0.39, 0.29) is 5.60 Å². The second kappa shape index (κ2) is 2.53. The topological polar surface area (TPSA) is 12.5 Å². The summed E-state index contributed by atoms with van der Waals surface area (Å²) in [5.41, 5.74) is 0.255. The Hall–Kier alpha value is -0.480. The third kappa shape index (κ3) is 1.16. The molecule has 1 heteroatoms. The highest BCUT2D eigenvalue weighted by Crippen LogP contribution is 2.47. The molecule has 0 radical (unpaired) electrons. The van der Waals surface area contributed by atoms with Gasteiger partial charge in [-0.15, -0.1) is 12.3 Å². The van der Waals surface area contributed by atoms with Crippen LogP contribution in [0.3, 0.4) is 0 Å². The standard InChI is InChI=1S/C10H14O/c1-2-5-9-6-3-4-7-10(9)8-11-10/h1,9H,3-8H2. The minimum Gasteiger partial charge on any atom is -0.369 e. The van der Waals surface area contributed by atoms with Gasteiger partial charge in [0.15, 0.2) is 0 Å². The molecular formula is C10H14O. The van der Waals surface area contributed by atoms with Crippen molar-refractivity contribution in [1.29, 1.82) is 0 Å². The first-order valence-electron chi connectivity index (χ1n) is 4.45. The second-order valence-electron chi connectivity index (χ2n) is 3.70. The molecule has 2 fully saturated rings. The predicted molar refractivity (Wildman–Crippen MR) is 44.1 cm³/mol. The molecule has 0 amide bonds. The van der Waals surface area contributed by atoms with Crippen LogP contribution in [0.15, 0.2) is 0 Å². The molecule has 0 aromatic rings. The Balaban J connectivity index is 2.00. The molecule has 1 aliphatic heterocycles. The lowest BCUT2D eigenvalue weighted by atomic mass is 9.78. The normalized spacial score (nSPS) is 41.9. The predicted octanol–water partition coefficient (Wildman–Crippen LogP) is 1.97. The monoisotopic (exact) mass is 150 g/mol. The van der Waals surface area contributed by atoms with E-state index < -0.39 is 0 Å². The van der Waals surface area contributed by atoms with Crippen molar-refractivity contribution in [2.75, 3.05) is 6.61 Å². The van der Waals surface area contributed by atoms with Crippen LogP contribution in [0.4, 0.5) is 0 Å². The summed E-state index contributed by atoms with van der Waals surface area (Å²) in [6, 6.07) is 0. The van der Waals surface area contributed by atoms with Crippen LogP contribution in [0.1, 0.15) is 32.1 Å². The molecule has 2 rings (SSSR count). The maximum absolute atomic E-state index is 5.51. The first-order valence-corrected chi connectivity index (χ1v) is 4.45. The molecule has 1 saturated carbocycles. The molecule has 60 valence electrons. The van der Waals surface area contributed by atoms with Gasteiger partial charge < -0.3 is 4.74 Å².